The van der Waals surface area contributed by atoms with Gasteiger partial charge in [0.1, 0.15) is 5.82 Å². The van der Waals surface area contributed by atoms with Crippen molar-refractivity contribution in [2.75, 3.05) is 13.7 Å². The summed E-state index contributed by atoms with van der Waals surface area (Å²) in [5.74, 6) is -2.78. The van der Waals surface area contributed by atoms with Crippen molar-refractivity contribution in [1.82, 2.24) is 5.32 Å². The smallest absolute Gasteiger partial charge is 0.222 e. The van der Waals surface area contributed by atoms with E-state index >= 15 is 0 Å². The van der Waals surface area contributed by atoms with Gasteiger partial charge in [-0.1, -0.05) is 13.3 Å². The van der Waals surface area contributed by atoms with Gasteiger partial charge in [0.2, 0.25) is 5.91 Å². The topological polar surface area (TPSA) is 47.6 Å². The fraction of sp³-hybridized carbons (Fsp3) is 0.667. The summed E-state index contributed by atoms with van der Waals surface area (Å²) in [6.07, 6.45) is 2.29. The third-order valence-corrected chi connectivity index (χ3v) is 6.17. The van der Waals surface area contributed by atoms with Gasteiger partial charge in [0.05, 0.1) is 18.8 Å². The maximum Gasteiger partial charge on any atom is 0.222 e. The first-order valence-electron chi connectivity index (χ1n) is 9.83. The van der Waals surface area contributed by atoms with E-state index in [1.807, 2.05) is 6.92 Å². The van der Waals surface area contributed by atoms with Crippen molar-refractivity contribution in [3.05, 3.63) is 35.1 Å². The molecule has 5 atom stereocenters. The van der Waals surface area contributed by atoms with Gasteiger partial charge >= 0.3 is 0 Å². The summed E-state index contributed by atoms with van der Waals surface area (Å²) in [6, 6.07) is 1.42. The van der Waals surface area contributed by atoms with Gasteiger partial charge in [0.25, 0.3) is 0 Å². The molecule has 1 amide bonds. The molecule has 4 nitrogen and oxygen atoms in total. The van der Waals surface area contributed by atoms with Crippen LogP contribution in [0.3, 0.4) is 0 Å². The van der Waals surface area contributed by atoms with Crippen molar-refractivity contribution in [2.45, 2.75) is 63.7 Å². The average molecular weight is 399 g/mol. The van der Waals surface area contributed by atoms with Crippen LogP contribution in [0.15, 0.2) is 12.1 Å². The Balaban J connectivity index is 1.89. The minimum Gasteiger partial charge on any atom is -0.384 e. The summed E-state index contributed by atoms with van der Waals surface area (Å²) in [5.41, 5.74) is -0.636. The number of hydrogen-bond donors (Lipinski definition) is 1. The average Bonchev–Trinajstić information content (AvgIpc) is 2.62. The van der Waals surface area contributed by atoms with Gasteiger partial charge in [0.15, 0.2) is 11.6 Å². The molecule has 1 aromatic rings. The van der Waals surface area contributed by atoms with Crippen LogP contribution in [0, 0.1) is 29.3 Å². The summed E-state index contributed by atoms with van der Waals surface area (Å²) < 4.78 is 52.7. The van der Waals surface area contributed by atoms with Crippen LogP contribution in [0.1, 0.15) is 57.6 Å². The Bertz CT molecular complexity index is 729. The number of hydrogen-bond acceptors (Lipinski definition) is 3. The van der Waals surface area contributed by atoms with E-state index < -0.39 is 29.1 Å². The van der Waals surface area contributed by atoms with Gasteiger partial charge in [0, 0.05) is 43.0 Å². The number of methoxy groups -OCH3 is 1. The Hall–Kier alpha value is -1.60. The molecule has 0 radical (unpaired) electrons. The summed E-state index contributed by atoms with van der Waals surface area (Å²) in [5, 5.41) is 3.10. The molecule has 2 aliphatic rings. The number of carbonyl (C=O) groups excluding carboxylic acids is 1. The van der Waals surface area contributed by atoms with E-state index in [1.165, 1.54) is 7.11 Å². The normalized spacial score (nSPS) is 32.6. The van der Waals surface area contributed by atoms with Gasteiger partial charge in [-0.3, -0.25) is 4.79 Å². The minimum atomic E-state index is -1.23. The molecule has 0 spiro atoms. The number of nitrogens with one attached hydrogen (secondary N) is 1. The minimum absolute atomic E-state index is 0.00654. The molecule has 3 rings (SSSR count). The monoisotopic (exact) mass is 399 g/mol. The molecule has 7 heteroatoms. The molecule has 28 heavy (non-hydrogen) atoms. The second-order valence-electron chi connectivity index (χ2n) is 8.39. The molecular formula is C21H28F3NO3. The van der Waals surface area contributed by atoms with E-state index in [-0.39, 0.29) is 29.9 Å². The fourth-order valence-electron chi connectivity index (χ4n) is 4.69. The summed E-state index contributed by atoms with van der Waals surface area (Å²) >= 11 is 0. The van der Waals surface area contributed by atoms with Crippen molar-refractivity contribution >= 4 is 5.91 Å². The molecule has 1 saturated carbocycles. The molecule has 0 unspecified atom stereocenters. The van der Waals surface area contributed by atoms with Gasteiger partial charge in [-0.15, -0.1) is 0 Å². The van der Waals surface area contributed by atoms with E-state index in [4.69, 9.17) is 9.47 Å². The largest absolute Gasteiger partial charge is 0.384 e. The Labute approximate surface area is 163 Å². The van der Waals surface area contributed by atoms with Crippen molar-refractivity contribution < 1.29 is 27.4 Å². The number of rotatable bonds is 5. The summed E-state index contributed by atoms with van der Waals surface area (Å²) in [4.78, 5) is 12.4. The predicted molar refractivity (Wildman–Crippen MR) is 98.1 cm³/mol. The van der Waals surface area contributed by atoms with Crippen LogP contribution >= 0.6 is 0 Å². The van der Waals surface area contributed by atoms with E-state index in [0.29, 0.717) is 25.0 Å². The third kappa shape index (κ3) is 4.35. The van der Waals surface area contributed by atoms with Crippen LogP contribution in [0.5, 0.6) is 0 Å². The lowest BCUT2D eigenvalue weighted by atomic mass is 9.66. The SMILES string of the molecule is COCCC(=O)N[C@]1(C)C[C@H](c2cc(F)c(F)cc2F)O[C@@H]2C[C@H](C)CC[C@H]21. The van der Waals surface area contributed by atoms with Crippen molar-refractivity contribution in [3.8, 4) is 0 Å². The lowest BCUT2D eigenvalue weighted by Gasteiger charge is -2.52. The zero-order valence-electron chi connectivity index (χ0n) is 16.6. The van der Waals surface area contributed by atoms with Crippen LogP contribution in [-0.4, -0.2) is 31.3 Å². The lowest BCUT2D eigenvalue weighted by Crippen LogP contribution is -2.60. The zero-order valence-corrected chi connectivity index (χ0v) is 16.6. The second-order valence-corrected chi connectivity index (χ2v) is 8.39. The maximum atomic E-state index is 14.4. The highest BCUT2D eigenvalue weighted by molar-refractivity contribution is 5.77. The molecule has 2 fully saturated rings. The summed E-state index contributed by atoms with van der Waals surface area (Å²) in [6.45, 7) is 4.39. The molecule has 1 heterocycles. The van der Waals surface area contributed by atoms with Crippen molar-refractivity contribution in [1.29, 1.82) is 0 Å². The molecular weight excluding hydrogens is 371 g/mol. The van der Waals surface area contributed by atoms with E-state index in [1.54, 1.807) is 0 Å². The number of amides is 1. The van der Waals surface area contributed by atoms with Gasteiger partial charge in [-0.2, -0.15) is 0 Å². The maximum absolute atomic E-state index is 14.4. The first-order valence-corrected chi connectivity index (χ1v) is 9.83. The number of fused-ring (bicyclic) bond motifs is 1. The Morgan fingerprint density at radius 3 is 2.68 bits per heavy atom. The quantitative estimate of drug-likeness (QED) is 0.752. The number of ether oxygens (including phenoxy) is 2. The highest BCUT2D eigenvalue weighted by Crippen LogP contribution is 2.48. The highest BCUT2D eigenvalue weighted by atomic mass is 19.2. The number of carbonyl (C=O) groups is 1. The third-order valence-electron chi connectivity index (χ3n) is 6.17. The molecule has 0 bridgehead atoms. The molecule has 156 valence electrons. The van der Waals surface area contributed by atoms with Crippen LogP contribution in [0.4, 0.5) is 13.2 Å². The molecule has 0 aromatic heterocycles. The van der Waals surface area contributed by atoms with Gasteiger partial charge < -0.3 is 14.8 Å². The van der Waals surface area contributed by atoms with Gasteiger partial charge in [-0.25, -0.2) is 13.2 Å². The van der Waals surface area contributed by atoms with E-state index in [0.717, 1.165) is 25.3 Å². The van der Waals surface area contributed by atoms with Crippen molar-refractivity contribution in [3.63, 3.8) is 0 Å². The first-order chi connectivity index (χ1) is 13.2. The second kappa shape index (κ2) is 8.41. The number of benzene rings is 1. The number of halogens is 3. The molecule has 1 aromatic carbocycles. The first kappa shape index (κ1) is 21.1. The molecule has 1 saturated heterocycles. The zero-order chi connectivity index (χ0) is 20.5. The van der Waals surface area contributed by atoms with Crippen molar-refractivity contribution in [2.24, 2.45) is 11.8 Å². The van der Waals surface area contributed by atoms with Crippen LogP contribution in [0.2, 0.25) is 0 Å². The Morgan fingerprint density at radius 1 is 1.25 bits per heavy atom. The Morgan fingerprint density at radius 2 is 1.96 bits per heavy atom. The van der Waals surface area contributed by atoms with Crippen LogP contribution in [0.25, 0.3) is 0 Å². The molecule has 1 aliphatic carbocycles. The van der Waals surface area contributed by atoms with Gasteiger partial charge in [-0.05, 0) is 31.7 Å². The lowest BCUT2D eigenvalue weighted by molar-refractivity contribution is -0.154. The molecule has 1 aliphatic heterocycles. The highest BCUT2D eigenvalue weighted by Gasteiger charge is 2.49. The van der Waals surface area contributed by atoms with E-state index in [2.05, 4.69) is 12.2 Å². The Kier molecular flexibility index (Phi) is 6.34. The fourth-order valence-corrected chi connectivity index (χ4v) is 4.69. The summed E-state index contributed by atoms with van der Waals surface area (Å²) in [7, 11) is 1.53. The van der Waals surface area contributed by atoms with E-state index in [9.17, 15) is 18.0 Å². The standard InChI is InChI=1S/C21H28F3NO3/c1-12-4-5-14-18(8-12)28-19(13-9-16(23)17(24)10-15(13)22)11-21(14,2)25-20(26)6-7-27-3/h9-10,12,14,18-19H,4-8,11H2,1-3H3,(H,25,26)/t12-,14-,18-,19-,21-/m1/s1. The van der Waals surface area contributed by atoms with Crippen LogP contribution < -0.4 is 5.32 Å². The van der Waals surface area contributed by atoms with Crippen LogP contribution in [-0.2, 0) is 14.3 Å². The molecule has 1 N–H and O–H groups in total. The predicted octanol–water partition coefficient (Wildman–Crippen LogP) is 4.28.